The zero-order valence-corrected chi connectivity index (χ0v) is 12.5. The molecule has 0 bridgehead atoms. The van der Waals surface area contributed by atoms with Crippen LogP contribution in [0.1, 0.15) is 24.3 Å². The molecule has 4 heteroatoms. The van der Waals surface area contributed by atoms with Crippen molar-refractivity contribution in [3.05, 3.63) is 51.7 Å². The summed E-state index contributed by atoms with van der Waals surface area (Å²) in [4.78, 5) is 1.14. The highest BCUT2D eigenvalue weighted by Gasteiger charge is 2.16. The second-order valence-corrected chi connectivity index (χ2v) is 5.62. The first-order valence-electron chi connectivity index (χ1n) is 6.45. The highest BCUT2D eigenvalue weighted by Crippen LogP contribution is 2.29. The minimum absolute atomic E-state index is 0.146. The first-order valence-corrected chi connectivity index (χ1v) is 7.71. The van der Waals surface area contributed by atoms with E-state index in [-0.39, 0.29) is 6.04 Å². The molecule has 19 heavy (non-hydrogen) atoms. The van der Waals surface area contributed by atoms with Gasteiger partial charge in [0, 0.05) is 4.88 Å². The summed E-state index contributed by atoms with van der Waals surface area (Å²) in [6.45, 7) is 3.69. The van der Waals surface area contributed by atoms with Crippen LogP contribution < -0.4 is 10.1 Å². The lowest BCUT2D eigenvalue weighted by Crippen LogP contribution is -2.27. The van der Waals surface area contributed by atoms with E-state index in [1.165, 1.54) is 0 Å². The fourth-order valence-electron chi connectivity index (χ4n) is 1.80. The molecule has 0 saturated carbocycles. The minimum atomic E-state index is 0.146. The maximum absolute atomic E-state index is 6.21. The summed E-state index contributed by atoms with van der Waals surface area (Å²) in [6, 6.07) is 11.9. The van der Waals surface area contributed by atoms with Gasteiger partial charge in [-0.2, -0.15) is 0 Å². The number of hydrogen-bond acceptors (Lipinski definition) is 3. The van der Waals surface area contributed by atoms with Crippen molar-refractivity contribution in [2.45, 2.75) is 19.4 Å². The van der Waals surface area contributed by atoms with Crippen molar-refractivity contribution < 1.29 is 4.74 Å². The third kappa shape index (κ3) is 4.23. The molecule has 0 spiro atoms. The molecule has 2 rings (SSSR count). The smallest absolute Gasteiger partial charge is 0.119 e. The Morgan fingerprint density at radius 1 is 1.26 bits per heavy atom. The number of hydrogen-bond donors (Lipinski definition) is 1. The van der Waals surface area contributed by atoms with Crippen LogP contribution in [-0.2, 0) is 0 Å². The first-order chi connectivity index (χ1) is 9.31. The van der Waals surface area contributed by atoms with Gasteiger partial charge in [-0.25, -0.2) is 0 Å². The van der Waals surface area contributed by atoms with E-state index in [1.54, 1.807) is 11.3 Å². The Kier molecular flexibility index (Phi) is 5.70. The quantitative estimate of drug-likeness (QED) is 0.811. The summed E-state index contributed by atoms with van der Waals surface area (Å²) in [5, 5.41) is 6.31. The largest absolute Gasteiger partial charge is 0.492 e. The molecule has 0 amide bonds. The number of halogens is 1. The predicted molar refractivity (Wildman–Crippen MR) is 82.3 cm³/mol. The van der Waals surface area contributed by atoms with Crippen LogP contribution in [0.5, 0.6) is 5.75 Å². The van der Waals surface area contributed by atoms with Crippen LogP contribution in [0.4, 0.5) is 0 Å². The van der Waals surface area contributed by atoms with E-state index in [4.69, 9.17) is 16.3 Å². The summed E-state index contributed by atoms with van der Waals surface area (Å²) < 4.78 is 5.83. The van der Waals surface area contributed by atoms with Gasteiger partial charge in [-0.1, -0.05) is 36.7 Å². The third-order valence-corrected chi connectivity index (χ3v) is 4.23. The number of para-hydroxylation sites is 1. The summed E-state index contributed by atoms with van der Waals surface area (Å²) in [5.41, 5.74) is 0. The van der Waals surface area contributed by atoms with E-state index in [0.717, 1.165) is 28.6 Å². The van der Waals surface area contributed by atoms with Gasteiger partial charge in [-0.15, -0.1) is 11.3 Å². The van der Waals surface area contributed by atoms with E-state index in [9.17, 15) is 0 Å². The normalized spacial score (nSPS) is 12.3. The van der Waals surface area contributed by atoms with E-state index >= 15 is 0 Å². The average Bonchev–Trinajstić information content (AvgIpc) is 2.86. The minimum Gasteiger partial charge on any atom is -0.492 e. The molecule has 1 heterocycles. The molecule has 0 aliphatic heterocycles. The van der Waals surface area contributed by atoms with Crippen LogP contribution in [-0.4, -0.2) is 13.2 Å². The van der Waals surface area contributed by atoms with Crippen LogP contribution >= 0.6 is 22.9 Å². The summed E-state index contributed by atoms with van der Waals surface area (Å²) in [6.07, 6.45) is 1.09. The van der Waals surface area contributed by atoms with Gasteiger partial charge in [0.15, 0.2) is 0 Å². The number of rotatable bonds is 7. The number of benzene rings is 1. The van der Waals surface area contributed by atoms with E-state index in [2.05, 4.69) is 12.2 Å². The van der Waals surface area contributed by atoms with Gasteiger partial charge in [0.25, 0.3) is 0 Å². The molecular formula is C15H18ClNOS. The standard InChI is InChI=1S/C15H18ClNOS/c1-2-9-17-14(15-13(16)8-10-19-15)11-18-12-6-4-3-5-7-12/h3-8,10,14,17H,2,9,11H2,1H3. The van der Waals surface area contributed by atoms with E-state index in [0.29, 0.717) is 6.61 Å². The van der Waals surface area contributed by atoms with Crippen molar-refractivity contribution in [1.29, 1.82) is 0 Å². The van der Waals surface area contributed by atoms with Gasteiger partial charge in [-0.3, -0.25) is 0 Å². The summed E-state index contributed by atoms with van der Waals surface area (Å²) >= 11 is 7.88. The topological polar surface area (TPSA) is 21.3 Å². The molecule has 1 unspecified atom stereocenters. The fraction of sp³-hybridized carbons (Fsp3) is 0.333. The van der Waals surface area contributed by atoms with Gasteiger partial charge >= 0.3 is 0 Å². The van der Waals surface area contributed by atoms with E-state index in [1.807, 2.05) is 41.8 Å². The Labute approximate surface area is 123 Å². The highest BCUT2D eigenvalue weighted by atomic mass is 35.5. The number of thiophene rings is 1. The summed E-state index contributed by atoms with van der Waals surface area (Å²) in [7, 11) is 0. The molecule has 1 aromatic carbocycles. The van der Waals surface area contributed by atoms with Crippen molar-refractivity contribution in [1.82, 2.24) is 5.32 Å². The lowest BCUT2D eigenvalue weighted by Gasteiger charge is -2.18. The molecule has 0 aliphatic carbocycles. The average molecular weight is 296 g/mol. The number of nitrogens with one attached hydrogen (secondary N) is 1. The first kappa shape index (κ1) is 14.4. The Hall–Kier alpha value is -1.03. The lowest BCUT2D eigenvalue weighted by atomic mass is 10.2. The van der Waals surface area contributed by atoms with Crippen molar-refractivity contribution >= 4 is 22.9 Å². The Morgan fingerprint density at radius 3 is 2.68 bits per heavy atom. The second kappa shape index (κ2) is 7.53. The molecule has 0 radical (unpaired) electrons. The zero-order chi connectivity index (χ0) is 13.5. The SMILES string of the molecule is CCCNC(COc1ccccc1)c1sccc1Cl. The van der Waals surface area contributed by atoms with Crippen LogP contribution in [0, 0.1) is 0 Å². The lowest BCUT2D eigenvalue weighted by molar-refractivity contribution is 0.268. The van der Waals surface area contributed by atoms with Crippen molar-refractivity contribution in [2.75, 3.05) is 13.2 Å². The van der Waals surface area contributed by atoms with Gasteiger partial charge in [0.05, 0.1) is 11.1 Å². The van der Waals surface area contributed by atoms with Gasteiger partial charge < -0.3 is 10.1 Å². The molecule has 2 nitrogen and oxygen atoms in total. The molecule has 102 valence electrons. The molecule has 0 aliphatic rings. The molecule has 0 saturated heterocycles. The molecule has 1 aromatic heterocycles. The van der Waals surface area contributed by atoms with Gasteiger partial charge in [0.2, 0.25) is 0 Å². The Bertz CT molecular complexity index is 486. The van der Waals surface area contributed by atoms with Crippen LogP contribution in [0.25, 0.3) is 0 Å². The van der Waals surface area contributed by atoms with Crippen LogP contribution in [0.3, 0.4) is 0 Å². The maximum Gasteiger partial charge on any atom is 0.119 e. The van der Waals surface area contributed by atoms with Crippen molar-refractivity contribution in [3.8, 4) is 5.75 Å². The molecular weight excluding hydrogens is 278 g/mol. The number of ether oxygens (including phenoxy) is 1. The Balaban J connectivity index is 2.00. The molecule has 2 aromatic rings. The fourth-order valence-corrected chi connectivity index (χ4v) is 3.05. The highest BCUT2D eigenvalue weighted by molar-refractivity contribution is 7.10. The molecule has 1 atom stereocenters. The molecule has 1 N–H and O–H groups in total. The Morgan fingerprint density at radius 2 is 2.05 bits per heavy atom. The van der Waals surface area contributed by atoms with Gasteiger partial charge in [-0.05, 0) is 36.5 Å². The van der Waals surface area contributed by atoms with Crippen molar-refractivity contribution in [3.63, 3.8) is 0 Å². The van der Waals surface area contributed by atoms with Crippen LogP contribution in [0.2, 0.25) is 5.02 Å². The zero-order valence-electron chi connectivity index (χ0n) is 10.9. The van der Waals surface area contributed by atoms with Gasteiger partial charge in [0.1, 0.15) is 12.4 Å². The summed E-state index contributed by atoms with van der Waals surface area (Å²) in [5.74, 6) is 0.887. The molecule has 0 fully saturated rings. The monoisotopic (exact) mass is 295 g/mol. The van der Waals surface area contributed by atoms with E-state index < -0.39 is 0 Å². The maximum atomic E-state index is 6.21. The van der Waals surface area contributed by atoms with Crippen molar-refractivity contribution in [2.24, 2.45) is 0 Å². The predicted octanol–water partition coefficient (Wildman–Crippen LogP) is 4.52. The third-order valence-electron chi connectivity index (χ3n) is 2.76. The second-order valence-electron chi connectivity index (χ2n) is 4.26. The van der Waals surface area contributed by atoms with Crippen LogP contribution in [0.15, 0.2) is 41.8 Å².